The van der Waals surface area contributed by atoms with Gasteiger partial charge in [0.15, 0.2) is 5.17 Å². The third-order valence-corrected chi connectivity index (χ3v) is 4.16. The number of halogens is 2. The Labute approximate surface area is 130 Å². The highest BCUT2D eigenvalue weighted by Crippen LogP contribution is 2.30. The lowest BCUT2D eigenvalue weighted by Gasteiger charge is -2.12. The van der Waals surface area contributed by atoms with Crippen LogP contribution in [0.5, 0.6) is 0 Å². The summed E-state index contributed by atoms with van der Waals surface area (Å²) >= 11 is 13.1. The van der Waals surface area contributed by atoms with E-state index in [1.807, 2.05) is 6.92 Å². The highest BCUT2D eigenvalue weighted by Gasteiger charge is 2.27. The Hall–Kier alpha value is -1.24. The van der Waals surface area contributed by atoms with Crippen LogP contribution in [0.25, 0.3) is 0 Å². The second-order valence-corrected chi connectivity index (χ2v) is 5.60. The lowest BCUT2D eigenvalue weighted by molar-refractivity contribution is -0.123. The number of nitrogens with zero attached hydrogens (tertiary/aromatic N) is 2. The molecule has 3 amide bonds. The summed E-state index contributed by atoms with van der Waals surface area (Å²) in [5.41, 5.74) is 0.308. The number of anilines is 1. The number of benzene rings is 1. The first-order valence-electron chi connectivity index (χ1n) is 5.79. The number of carbonyl (C=O) groups is 2. The molecule has 0 radical (unpaired) electrons. The molecule has 0 atom stereocenters. The van der Waals surface area contributed by atoms with Gasteiger partial charge in [-0.05, 0) is 19.1 Å². The van der Waals surface area contributed by atoms with E-state index in [-0.39, 0.29) is 5.91 Å². The third-order valence-electron chi connectivity index (χ3n) is 2.56. The average Bonchev–Trinajstić information content (AvgIpc) is 2.74. The molecule has 1 fully saturated rings. The Morgan fingerprint density at radius 3 is 2.70 bits per heavy atom. The van der Waals surface area contributed by atoms with Crippen molar-refractivity contribution in [3.63, 3.8) is 0 Å². The van der Waals surface area contributed by atoms with Crippen LogP contribution in [0, 0.1) is 0 Å². The molecule has 0 saturated carbocycles. The predicted octanol–water partition coefficient (Wildman–Crippen LogP) is 3.48. The summed E-state index contributed by atoms with van der Waals surface area (Å²) in [5, 5.41) is 3.57. The monoisotopic (exact) mass is 331 g/mol. The summed E-state index contributed by atoms with van der Waals surface area (Å²) in [7, 11) is 0. The van der Waals surface area contributed by atoms with E-state index >= 15 is 0 Å². The number of para-hydroxylation sites is 1. The molecule has 8 heteroatoms. The number of hydrogen-bond acceptors (Lipinski definition) is 3. The van der Waals surface area contributed by atoms with Crippen LogP contribution >= 0.6 is 35.0 Å². The van der Waals surface area contributed by atoms with Gasteiger partial charge in [0.2, 0.25) is 5.91 Å². The van der Waals surface area contributed by atoms with Crippen LogP contribution in [0.4, 0.5) is 10.5 Å². The minimum absolute atomic E-state index is 0.0557. The van der Waals surface area contributed by atoms with Crippen LogP contribution in [0.3, 0.4) is 0 Å². The fourth-order valence-electron chi connectivity index (χ4n) is 1.63. The lowest BCUT2D eigenvalue weighted by Crippen LogP contribution is -2.30. The van der Waals surface area contributed by atoms with Crippen LogP contribution in [-0.2, 0) is 4.79 Å². The van der Waals surface area contributed by atoms with Crippen molar-refractivity contribution in [2.24, 2.45) is 4.99 Å². The van der Waals surface area contributed by atoms with Gasteiger partial charge in [0.1, 0.15) is 0 Å². The van der Waals surface area contributed by atoms with Crippen molar-refractivity contribution < 1.29 is 9.59 Å². The zero-order chi connectivity index (χ0) is 14.7. The molecule has 1 heterocycles. The Morgan fingerprint density at radius 1 is 1.45 bits per heavy atom. The molecule has 1 aromatic rings. The zero-order valence-corrected chi connectivity index (χ0v) is 12.8. The van der Waals surface area contributed by atoms with Crippen LogP contribution in [0.15, 0.2) is 23.2 Å². The summed E-state index contributed by atoms with van der Waals surface area (Å²) in [6.07, 6.45) is 0. The molecule has 1 aliphatic heterocycles. The van der Waals surface area contributed by atoms with Gasteiger partial charge in [-0.25, -0.2) is 4.79 Å². The van der Waals surface area contributed by atoms with Gasteiger partial charge in [-0.15, -0.1) is 0 Å². The molecule has 1 aromatic carbocycles. The van der Waals surface area contributed by atoms with Crippen LogP contribution in [-0.4, -0.2) is 34.3 Å². The summed E-state index contributed by atoms with van der Waals surface area (Å²) in [6.45, 7) is 2.30. The minimum Gasteiger partial charge on any atom is -0.303 e. The van der Waals surface area contributed by atoms with E-state index in [4.69, 9.17) is 23.2 Å². The maximum atomic E-state index is 11.9. The third kappa shape index (κ3) is 3.26. The SMILES string of the molecule is CCN1C(=O)CSC1=NC(=O)Nc1c(Cl)cccc1Cl. The van der Waals surface area contributed by atoms with E-state index in [0.29, 0.717) is 33.2 Å². The van der Waals surface area contributed by atoms with Gasteiger partial charge in [0, 0.05) is 6.54 Å². The number of amidine groups is 1. The Balaban J connectivity index is 2.15. The number of rotatable bonds is 2. The Morgan fingerprint density at radius 2 is 2.10 bits per heavy atom. The van der Waals surface area contributed by atoms with Gasteiger partial charge >= 0.3 is 6.03 Å². The molecule has 1 saturated heterocycles. The van der Waals surface area contributed by atoms with Crippen LogP contribution < -0.4 is 5.32 Å². The summed E-state index contributed by atoms with van der Waals surface area (Å²) < 4.78 is 0. The van der Waals surface area contributed by atoms with Crippen molar-refractivity contribution in [3.8, 4) is 0 Å². The zero-order valence-electron chi connectivity index (χ0n) is 10.5. The number of amides is 3. The number of nitrogens with one attached hydrogen (secondary N) is 1. The molecule has 2 rings (SSSR count). The number of urea groups is 1. The van der Waals surface area contributed by atoms with E-state index in [1.54, 1.807) is 18.2 Å². The first kappa shape index (κ1) is 15.2. The molecule has 0 spiro atoms. The molecular weight excluding hydrogens is 321 g/mol. The molecule has 1 aliphatic rings. The van der Waals surface area contributed by atoms with Gasteiger partial charge in [-0.3, -0.25) is 9.69 Å². The van der Waals surface area contributed by atoms with E-state index < -0.39 is 6.03 Å². The number of aliphatic imine (C=N–C) groups is 1. The second kappa shape index (κ2) is 6.47. The van der Waals surface area contributed by atoms with Crippen molar-refractivity contribution in [2.45, 2.75) is 6.92 Å². The van der Waals surface area contributed by atoms with E-state index in [2.05, 4.69) is 10.3 Å². The van der Waals surface area contributed by atoms with E-state index in [1.165, 1.54) is 16.7 Å². The maximum Gasteiger partial charge on any atom is 0.347 e. The first-order valence-corrected chi connectivity index (χ1v) is 7.54. The van der Waals surface area contributed by atoms with Crippen LogP contribution in [0.1, 0.15) is 6.92 Å². The molecule has 0 aliphatic carbocycles. The Bertz CT molecular complexity index is 572. The molecule has 106 valence electrons. The normalized spacial score (nSPS) is 16.9. The highest BCUT2D eigenvalue weighted by atomic mass is 35.5. The number of carbonyl (C=O) groups excluding carboxylic acids is 2. The number of hydrogen-bond donors (Lipinski definition) is 1. The molecule has 5 nitrogen and oxygen atoms in total. The summed E-state index contributed by atoms with van der Waals surface area (Å²) in [4.78, 5) is 28.7. The lowest BCUT2D eigenvalue weighted by atomic mass is 10.3. The standard InChI is InChI=1S/C12H11Cl2N3O2S/c1-2-17-9(18)6-20-12(17)16-11(19)15-10-7(13)4-3-5-8(10)14/h3-5H,2,6H2,1H3,(H,15,19). The highest BCUT2D eigenvalue weighted by molar-refractivity contribution is 8.15. The topological polar surface area (TPSA) is 61.8 Å². The van der Waals surface area contributed by atoms with E-state index in [0.717, 1.165) is 0 Å². The van der Waals surface area contributed by atoms with Crippen LogP contribution in [0.2, 0.25) is 10.0 Å². The summed E-state index contributed by atoms with van der Waals surface area (Å²) in [6, 6.07) is 4.29. The number of thioether (sulfide) groups is 1. The van der Waals surface area contributed by atoms with Crippen molar-refractivity contribution >= 4 is 57.8 Å². The molecule has 1 N–H and O–H groups in total. The fourth-order valence-corrected chi connectivity index (χ4v) is 3.07. The van der Waals surface area contributed by atoms with Gasteiger partial charge in [-0.1, -0.05) is 41.0 Å². The van der Waals surface area contributed by atoms with E-state index in [9.17, 15) is 9.59 Å². The van der Waals surface area contributed by atoms with Gasteiger partial charge in [0.05, 0.1) is 21.5 Å². The smallest absolute Gasteiger partial charge is 0.303 e. The van der Waals surface area contributed by atoms with Gasteiger partial charge < -0.3 is 5.32 Å². The average molecular weight is 332 g/mol. The van der Waals surface area contributed by atoms with Gasteiger partial charge in [-0.2, -0.15) is 4.99 Å². The van der Waals surface area contributed by atoms with Crippen molar-refractivity contribution in [2.75, 3.05) is 17.6 Å². The fraction of sp³-hybridized carbons (Fsp3) is 0.250. The van der Waals surface area contributed by atoms with Crippen molar-refractivity contribution in [1.29, 1.82) is 0 Å². The quantitative estimate of drug-likeness (QED) is 0.902. The Kier molecular flexibility index (Phi) is 4.91. The molecule has 20 heavy (non-hydrogen) atoms. The summed E-state index contributed by atoms with van der Waals surface area (Å²) in [5.74, 6) is 0.243. The second-order valence-electron chi connectivity index (χ2n) is 3.85. The molecule has 0 aromatic heterocycles. The minimum atomic E-state index is -0.615. The van der Waals surface area contributed by atoms with Gasteiger partial charge in [0.25, 0.3) is 0 Å². The predicted molar refractivity (Wildman–Crippen MR) is 82.8 cm³/mol. The van der Waals surface area contributed by atoms with Crippen molar-refractivity contribution in [1.82, 2.24) is 4.90 Å². The molecular formula is C12H11Cl2N3O2S. The first-order chi connectivity index (χ1) is 9.52. The molecule has 0 unspecified atom stereocenters. The largest absolute Gasteiger partial charge is 0.347 e. The maximum absolute atomic E-state index is 11.9. The van der Waals surface area contributed by atoms with Crippen molar-refractivity contribution in [3.05, 3.63) is 28.2 Å². The molecule has 0 bridgehead atoms.